The lowest BCUT2D eigenvalue weighted by Gasteiger charge is -2.14. The summed E-state index contributed by atoms with van der Waals surface area (Å²) in [5.74, 6) is 2.42. The highest BCUT2D eigenvalue weighted by molar-refractivity contribution is 9.10. The van der Waals surface area contributed by atoms with Crippen molar-refractivity contribution in [2.45, 2.75) is 12.3 Å². The monoisotopic (exact) mass is 389 g/mol. The second-order valence-electron chi connectivity index (χ2n) is 5.87. The van der Waals surface area contributed by atoms with E-state index >= 15 is 0 Å². The van der Waals surface area contributed by atoms with Crippen molar-refractivity contribution in [3.05, 3.63) is 89.2 Å². The van der Waals surface area contributed by atoms with E-state index in [0.29, 0.717) is 11.6 Å². The fourth-order valence-electron chi connectivity index (χ4n) is 2.77. The van der Waals surface area contributed by atoms with E-state index in [0.717, 1.165) is 27.8 Å². The Kier molecular flexibility index (Phi) is 4.53. The van der Waals surface area contributed by atoms with Crippen molar-refractivity contribution in [1.29, 1.82) is 0 Å². The molecule has 1 aliphatic rings. The Balaban J connectivity index is 1.84. The van der Waals surface area contributed by atoms with Crippen LogP contribution in [0, 0.1) is 0 Å². The summed E-state index contributed by atoms with van der Waals surface area (Å²) in [5.41, 5.74) is 1.99. The SMILES string of the molecule is Brc1ccc(-c2nc(-c3ccccc3)nc(C3C=CC=CC3)n2)cc1. The Hall–Kier alpha value is -2.59. The minimum Gasteiger partial charge on any atom is -0.212 e. The highest BCUT2D eigenvalue weighted by Gasteiger charge is 2.16. The third kappa shape index (κ3) is 3.59. The Morgan fingerprint density at radius 2 is 1.44 bits per heavy atom. The maximum absolute atomic E-state index is 4.76. The van der Waals surface area contributed by atoms with E-state index in [1.807, 2.05) is 54.6 Å². The molecule has 0 saturated carbocycles. The van der Waals surface area contributed by atoms with Gasteiger partial charge in [-0.25, -0.2) is 15.0 Å². The van der Waals surface area contributed by atoms with Gasteiger partial charge in [-0.05, 0) is 18.6 Å². The molecule has 1 heterocycles. The van der Waals surface area contributed by atoms with Crippen LogP contribution in [0.25, 0.3) is 22.8 Å². The summed E-state index contributed by atoms with van der Waals surface area (Å²) in [5, 5.41) is 0. The lowest BCUT2D eigenvalue weighted by molar-refractivity contribution is 0.764. The number of nitrogens with zero attached hydrogens (tertiary/aromatic N) is 3. The predicted octanol–water partition coefficient (Wildman–Crippen LogP) is 5.57. The summed E-state index contributed by atoms with van der Waals surface area (Å²) in [6.07, 6.45) is 9.32. The number of rotatable bonds is 3. The first kappa shape index (κ1) is 15.9. The maximum Gasteiger partial charge on any atom is 0.163 e. The van der Waals surface area contributed by atoms with Gasteiger partial charge in [0.05, 0.1) is 0 Å². The van der Waals surface area contributed by atoms with Crippen molar-refractivity contribution >= 4 is 15.9 Å². The molecule has 0 radical (unpaired) electrons. The van der Waals surface area contributed by atoms with Gasteiger partial charge in [-0.1, -0.05) is 82.7 Å². The molecule has 1 aliphatic carbocycles. The molecule has 0 N–H and O–H groups in total. The molecule has 1 atom stereocenters. The van der Waals surface area contributed by atoms with Crippen LogP contribution in [0.5, 0.6) is 0 Å². The largest absolute Gasteiger partial charge is 0.212 e. The van der Waals surface area contributed by atoms with Crippen molar-refractivity contribution in [2.75, 3.05) is 0 Å². The molecule has 4 rings (SSSR count). The number of benzene rings is 2. The number of hydrogen-bond acceptors (Lipinski definition) is 3. The smallest absolute Gasteiger partial charge is 0.163 e. The molecule has 3 nitrogen and oxygen atoms in total. The molecule has 0 bridgehead atoms. The average Bonchev–Trinajstić information content (AvgIpc) is 2.69. The van der Waals surface area contributed by atoms with Crippen molar-refractivity contribution in [3.8, 4) is 22.8 Å². The summed E-state index contributed by atoms with van der Waals surface area (Å²) < 4.78 is 1.04. The van der Waals surface area contributed by atoms with Gasteiger partial charge in [-0.3, -0.25) is 0 Å². The fourth-order valence-corrected chi connectivity index (χ4v) is 3.04. The molecule has 1 aromatic heterocycles. The van der Waals surface area contributed by atoms with Crippen LogP contribution in [0.2, 0.25) is 0 Å². The van der Waals surface area contributed by atoms with E-state index in [-0.39, 0.29) is 5.92 Å². The lowest BCUT2D eigenvalue weighted by atomic mass is 10.00. The maximum atomic E-state index is 4.76. The standard InChI is InChI=1S/C21H16BrN3/c22-18-13-11-17(12-14-18)21-24-19(15-7-3-1-4-8-15)23-20(25-21)16-9-5-2-6-10-16/h1-9,11-14,16H,10H2. The third-order valence-corrected chi connectivity index (χ3v) is 4.63. The zero-order chi connectivity index (χ0) is 17.1. The molecule has 1 unspecified atom stereocenters. The van der Waals surface area contributed by atoms with Crippen LogP contribution in [-0.2, 0) is 0 Å². The van der Waals surface area contributed by atoms with E-state index in [9.17, 15) is 0 Å². The van der Waals surface area contributed by atoms with Crippen LogP contribution in [0.1, 0.15) is 18.2 Å². The first-order chi connectivity index (χ1) is 12.3. The Morgan fingerprint density at radius 3 is 2.08 bits per heavy atom. The van der Waals surface area contributed by atoms with Crippen molar-refractivity contribution in [1.82, 2.24) is 15.0 Å². The molecule has 25 heavy (non-hydrogen) atoms. The van der Waals surface area contributed by atoms with Gasteiger partial charge < -0.3 is 0 Å². The average molecular weight is 390 g/mol. The molecule has 122 valence electrons. The molecule has 0 aliphatic heterocycles. The van der Waals surface area contributed by atoms with E-state index in [1.54, 1.807) is 0 Å². The van der Waals surface area contributed by atoms with E-state index in [2.05, 4.69) is 40.2 Å². The molecular weight excluding hydrogens is 374 g/mol. The summed E-state index contributed by atoms with van der Waals surface area (Å²) in [6, 6.07) is 18.1. The molecule has 3 aromatic rings. The van der Waals surface area contributed by atoms with E-state index in [1.165, 1.54) is 0 Å². The van der Waals surface area contributed by atoms with E-state index in [4.69, 9.17) is 15.0 Å². The second kappa shape index (κ2) is 7.11. The van der Waals surface area contributed by atoms with Gasteiger partial charge in [0.2, 0.25) is 0 Å². The van der Waals surface area contributed by atoms with Crippen LogP contribution in [-0.4, -0.2) is 15.0 Å². The number of allylic oxidation sites excluding steroid dienone is 4. The second-order valence-corrected chi connectivity index (χ2v) is 6.78. The molecule has 0 spiro atoms. The number of halogens is 1. The van der Waals surface area contributed by atoms with Gasteiger partial charge in [-0.2, -0.15) is 0 Å². The topological polar surface area (TPSA) is 38.7 Å². The Morgan fingerprint density at radius 1 is 0.760 bits per heavy atom. The fraction of sp³-hybridized carbons (Fsp3) is 0.0952. The Bertz CT molecular complexity index is 931. The number of aromatic nitrogens is 3. The third-order valence-electron chi connectivity index (χ3n) is 4.10. The minimum absolute atomic E-state index is 0.185. The highest BCUT2D eigenvalue weighted by atomic mass is 79.9. The van der Waals surface area contributed by atoms with Crippen LogP contribution in [0.3, 0.4) is 0 Å². The van der Waals surface area contributed by atoms with Gasteiger partial charge in [0.25, 0.3) is 0 Å². The van der Waals surface area contributed by atoms with Gasteiger partial charge >= 0.3 is 0 Å². The molecule has 4 heteroatoms. The first-order valence-electron chi connectivity index (χ1n) is 8.20. The van der Waals surface area contributed by atoms with Gasteiger partial charge in [0, 0.05) is 21.5 Å². The van der Waals surface area contributed by atoms with Crippen LogP contribution in [0.15, 0.2) is 83.4 Å². The quantitative estimate of drug-likeness (QED) is 0.587. The predicted molar refractivity (Wildman–Crippen MR) is 104 cm³/mol. The summed E-state index contributed by atoms with van der Waals surface area (Å²) >= 11 is 3.48. The summed E-state index contributed by atoms with van der Waals surface area (Å²) in [6.45, 7) is 0. The van der Waals surface area contributed by atoms with Gasteiger partial charge in [-0.15, -0.1) is 0 Å². The van der Waals surface area contributed by atoms with Crippen molar-refractivity contribution in [3.63, 3.8) is 0 Å². The molecule has 0 amide bonds. The zero-order valence-corrected chi connectivity index (χ0v) is 15.1. The normalized spacial score (nSPS) is 16.1. The molecule has 0 saturated heterocycles. The van der Waals surface area contributed by atoms with Crippen LogP contribution < -0.4 is 0 Å². The van der Waals surface area contributed by atoms with Gasteiger partial charge in [0.15, 0.2) is 11.6 Å². The van der Waals surface area contributed by atoms with Crippen molar-refractivity contribution in [2.24, 2.45) is 0 Å². The van der Waals surface area contributed by atoms with E-state index < -0.39 is 0 Å². The molecular formula is C21H16BrN3. The minimum atomic E-state index is 0.185. The van der Waals surface area contributed by atoms with Crippen molar-refractivity contribution < 1.29 is 0 Å². The van der Waals surface area contributed by atoms with Crippen LogP contribution >= 0.6 is 15.9 Å². The summed E-state index contributed by atoms with van der Waals surface area (Å²) in [4.78, 5) is 14.2. The Labute approximate surface area is 155 Å². The molecule has 2 aromatic carbocycles. The van der Waals surface area contributed by atoms with Gasteiger partial charge in [0.1, 0.15) is 5.82 Å². The highest BCUT2D eigenvalue weighted by Crippen LogP contribution is 2.27. The zero-order valence-electron chi connectivity index (χ0n) is 13.5. The summed E-state index contributed by atoms with van der Waals surface area (Å²) in [7, 11) is 0. The first-order valence-corrected chi connectivity index (χ1v) is 8.99. The lowest BCUT2D eigenvalue weighted by Crippen LogP contribution is -2.07. The van der Waals surface area contributed by atoms with Crippen LogP contribution in [0.4, 0.5) is 0 Å². The molecule has 0 fully saturated rings. The number of hydrogen-bond donors (Lipinski definition) is 0.